The number of nitrogens with one attached hydrogen (secondary N) is 2. The van der Waals surface area contributed by atoms with Gasteiger partial charge in [0, 0.05) is 22.2 Å². The van der Waals surface area contributed by atoms with Crippen molar-refractivity contribution in [3.8, 4) is 0 Å². The Bertz CT molecular complexity index is 1140. The van der Waals surface area contributed by atoms with E-state index in [-0.39, 0.29) is 12.5 Å². The van der Waals surface area contributed by atoms with E-state index in [0.717, 1.165) is 33.2 Å². The number of nitrogens with zero attached hydrogens (tertiary/aromatic N) is 3. The Hall–Kier alpha value is -3.61. The number of aromatic nitrogens is 3. The highest BCUT2D eigenvalue weighted by Crippen LogP contribution is 2.24. The highest BCUT2D eigenvalue weighted by Gasteiger charge is 2.15. The predicted molar refractivity (Wildman–Crippen MR) is 111 cm³/mol. The second-order valence-corrected chi connectivity index (χ2v) is 6.38. The van der Waals surface area contributed by atoms with E-state index >= 15 is 0 Å². The molecule has 0 fully saturated rings. The molecule has 2 aromatic heterocycles. The van der Waals surface area contributed by atoms with Crippen LogP contribution in [0, 0.1) is 6.92 Å². The molecule has 0 aliphatic heterocycles. The number of hydrogen-bond acceptors (Lipinski definition) is 5. The number of ether oxygens (including phenoxy) is 1. The lowest BCUT2D eigenvalue weighted by Crippen LogP contribution is -2.14. The molecule has 0 spiro atoms. The molecule has 0 saturated carbocycles. The molecule has 7 nitrogen and oxygen atoms in total. The highest BCUT2D eigenvalue weighted by molar-refractivity contribution is 6.01. The van der Waals surface area contributed by atoms with Crippen molar-refractivity contribution in [3.63, 3.8) is 0 Å². The van der Waals surface area contributed by atoms with Crippen LogP contribution in [0.1, 0.15) is 18.2 Å². The van der Waals surface area contributed by atoms with E-state index in [2.05, 4.69) is 20.5 Å². The quantitative estimate of drug-likeness (QED) is 0.305. The molecule has 0 atom stereocenters. The zero-order chi connectivity index (χ0) is 19.5. The van der Waals surface area contributed by atoms with Crippen LogP contribution in [0.5, 0.6) is 0 Å². The fraction of sp³-hybridized carbons (Fsp3) is 0.190. The summed E-state index contributed by atoms with van der Waals surface area (Å²) < 4.78 is 7.06. The summed E-state index contributed by atoms with van der Waals surface area (Å²) in [5.41, 5.74) is 7.64. The first-order valence-corrected chi connectivity index (χ1v) is 9.14. The van der Waals surface area contributed by atoms with Crippen LogP contribution in [0.2, 0.25) is 0 Å². The maximum absolute atomic E-state index is 12.0. The van der Waals surface area contributed by atoms with Gasteiger partial charge in [-0.1, -0.05) is 30.3 Å². The molecular formula is C21H21N5O2. The van der Waals surface area contributed by atoms with E-state index in [1.54, 1.807) is 13.1 Å². The molecule has 7 heteroatoms. The van der Waals surface area contributed by atoms with Crippen molar-refractivity contribution in [1.82, 2.24) is 14.5 Å². The summed E-state index contributed by atoms with van der Waals surface area (Å²) in [6.07, 6.45) is 1.76. The first-order chi connectivity index (χ1) is 13.7. The number of hydrazone groups is 1. The molecule has 2 aromatic carbocycles. The summed E-state index contributed by atoms with van der Waals surface area (Å²) in [7, 11) is 0. The lowest BCUT2D eigenvalue weighted by Gasteiger charge is -2.07. The van der Waals surface area contributed by atoms with Crippen molar-refractivity contribution in [3.05, 3.63) is 59.8 Å². The number of anilines is 1. The second kappa shape index (κ2) is 7.56. The van der Waals surface area contributed by atoms with Gasteiger partial charge in [-0.3, -0.25) is 4.79 Å². The van der Waals surface area contributed by atoms with Crippen LogP contribution in [0.25, 0.3) is 21.9 Å². The van der Waals surface area contributed by atoms with Gasteiger partial charge in [0.2, 0.25) is 5.95 Å². The topological polar surface area (TPSA) is 84.3 Å². The van der Waals surface area contributed by atoms with Crippen LogP contribution in [0.3, 0.4) is 0 Å². The van der Waals surface area contributed by atoms with E-state index in [0.29, 0.717) is 12.6 Å². The fourth-order valence-electron chi connectivity index (χ4n) is 3.32. The standard InChI is InChI=1S/C21H21N5O2/c1-3-28-20(27)13-26-14(2)16(15-8-4-7-11-19(15)26)12-22-25-21-23-17-9-5-6-10-18(17)24-21/h4-12H,3,13H2,1-2H3,(H2,23,24,25)/b22-12-. The van der Waals surface area contributed by atoms with E-state index in [1.165, 1.54) is 0 Å². The zero-order valence-corrected chi connectivity index (χ0v) is 15.8. The van der Waals surface area contributed by atoms with E-state index in [9.17, 15) is 4.79 Å². The molecule has 4 rings (SSSR count). The molecule has 2 N–H and O–H groups in total. The van der Waals surface area contributed by atoms with Gasteiger partial charge in [-0.05, 0) is 32.0 Å². The Labute approximate surface area is 162 Å². The molecule has 0 unspecified atom stereocenters. The predicted octanol–water partition coefficient (Wildman–Crippen LogP) is 3.84. The lowest BCUT2D eigenvalue weighted by atomic mass is 10.1. The lowest BCUT2D eigenvalue weighted by molar-refractivity contribution is -0.143. The number of H-pyrrole nitrogens is 1. The Morgan fingerprint density at radius 1 is 1.25 bits per heavy atom. The van der Waals surface area contributed by atoms with Crippen molar-refractivity contribution in [2.45, 2.75) is 20.4 Å². The van der Waals surface area contributed by atoms with Gasteiger partial charge in [0.15, 0.2) is 0 Å². The Morgan fingerprint density at radius 2 is 2.04 bits per heavy atom. The number of carbonyl (C=O) groups is 1. The van der Waals surface area contributed by atoms with E-state index in [4.69, 9.17) is 4.74 Å². The molecule has 0 aliphatic carbocycles. The number of para-hydroxylation sites is 3. The number of carbonyl (C=O) groups excluding carboxylic acids is 1. The summed E-state index contributed by atoms with van der Waals surface area (Å²) >= 11 is 0. The van der Waals surface area contributed by atoms with Crippen LogP contribution < -0.4 is 5.43 Å². The number of hydrogen-bond donors (Lipinski definition) is 2. The van der Waals surface area contributed by atoms with Crippen molar-refractivity contribution in [1.29, 1.82) is 0 Å². The van der Waals surface area contributed by atoms with Gasteiger partial charge >= 0.3 is 5.97 Å². The van der Waals surface area contributed by atoms with Crippen molar-refractivity contribution in [2.75, 3.05) is 12.0 Å². The number of fused-ring (bicyclic) bond motifs is 2. The molecule has 142 valence electrons. The van der Waals surface area contributed by atoms with Crippen LogP contribution in [0.4, 0.5) is 5.95 Å². The zero-order valence-electron chi connectivity index (χ0n) is 15.8. The largest absolute Gasteiger partial charge is 0.465 e. The van der Waals surface area contributed by atoms with Gasteiger partial charge in [0.05, 0.1) is 23.9 Å². The third kappa shape index (κ3) is 3.34. The molecule has 0 radical (unpaired) electrons. The van der Waals surface area contributed by atoms with Gasteiger partial charge < -0.3 is 14.3 Å². The molecule has 4 aromatic rings. The number of esters is 1. The van der Waals surface area contributed by atoms with Gasteiger partial charge in [0.25, 0.3) is 0 Å². The summed E-state index contributed by atoms with van der Waals surface area (Å²) in [5.74, 6) is 0.320. The van der Waals surface area contributed by atoms with Crippen molar-refractivity contribution < 1.29 is 9.53 Å². The maximum atomic E-state index is 12.0. The highest BCUT2D eigenvalue weighted by atomic mass is 16.5. The fourth-order valence-corrected chi connectivity index (χ4v) is 3.32. The number of benzene rings is 2. The molecule has 0 bridgehead atoms. The van der Waals surface area contributed by atoms with Crippen molar-refractivity contribution >= 4 is 40.1 Å². The Kier molecular flexibility index (Phi) is 4.80. The summed E-state index contributed by atoms with van der Waals surface area (Å²) in [5, 5.41) is 5.38. The third-order valence-electron chi connectivity index (χ3n) is 4.63. The minimum absolute atomic E-state index is 0.172. The van der Waals surface area contributed by atoms with Crippen LogP contribution in [0.15, 0.2) is 53.6 Å². The van der Waals surface area contributed by atoms with Crippen molar-refractivity contribution in [2.24, 2.45) is 5.10 Å². The van der Waals surface area contributed by atoms with Crippen LogP contribution in [-0.2, 0) is 16.1 Å². The monoisotopic (exact) mass is 375 g/mol. The summed E-state index contributed by atoms with van der Waals surface area (Å²) in [6, 6.07) is 15.7. The molecule has 2 heterocycles. The van der Waals surface area contributed by atoms with Crippen LogP contribution >= 0.6 is 0 Å². The maximum Gasteiger partial charge on any atom is 0.325 e. The first-order valence-electron chi connectivity index (χ1n) is 9.14. The Morgan fingerprint density at radius 3 is 2.86 bits per heavy atom. The average molecular weight is 375 g/mol. The Balaban J connectivity index is 1.63. The minimum Gasteiger partial charge on any atom is -0.465 e. The molecule has 0 saturated heterocycles. The molecule has 0 aliphatic rings. The third-order valence-corrected chi connectivity index (χ3v) is 4.63. The number of aromatic amines is 1. The number of imidazole rings is 1. The second-order valence-electron chi connectivity index (χ2n) is 6.38. The molecular weight excluding hydrogens is 354 g/mol. The van der Waals surface area contributed by atoms with Gasteiger partial charge in [0.1, 0.15) is 6.54 Å². The molecule has 28 heavy (non-hydrogen) atoms. The normalized spacial score (nSPS) is 11.5. The van der Waals surface area contributed by atoms with Gasteiger partial charge in [-0.25, -0.2) is 10.4 Å². The number of rotatable bonds is 6. The van der Waals surface area contributed by atoms with Gasteiger partial charge in [-0.2, -0.15) is 5.10 Å². The van der Waals surface area contributed by atoms with Crippen LogP contribution in [-0.4, -0.2) is 33.3 Å². The SMILES string of the molecule is CCOC(=O)Cn1c(C)c(/C=N\Nc2nc3ccccc3[nH]2)c2ccccc21. The average Bonchev–Trinajstić information content (AvgIpc) is 3.22. The van der Waals surface area contributed by atoms with Gasteiger partial charge in [-0.15, -0.1) is 0 Å². The molecule has 0 amide bonds. The van der Waals surface area contributed by atoms with E-state index in [1.807, 2.05) is 60.0 Å². The van der Waals surface area contributed by atoms with E-state index < -0.39 is 0 Å². The first kappa shape index (κ1) is 17.8. The summed E-state index contributed by atoms with van der Waals surface area (Å²) in [6.45, 7) is 4.32. The summed E-state index contributed by atoms with van der Waals surface area (Å²) in [4.78, 5) is 19.6. The minimum atomic E-state index is -0.254. The smallest absolute Gasteiger partial charge is 0.325 e.